The molecule has 2 heterocycles. The molecule has 0 aliphatic heterocycles. The first-order valence-electron chi connectivity index (χ1n) is 5.34. The van der Waals surface area contributed by atoms with Crippen molar-refractivity contribution in [1.29, 1.82) is 0 Å². The van der Waals surface area contributed by atoms with Crippen molar-refractivity contribution in [2.24, 2.45) is 0 Å². The fourth-order valence-corrected chi connectivity index (χ4v) is 1.57. The number of rotatable bonds is 4. The fourth-order valence-electron chi connectivity index (χ4n) is 1.40. The van der Waals surface area contributed by atoms with E-state index in [0.29, 0.717) is 18.5 Å². The minimum absolute atomic E-state index is 0.212. The molecule has 0 spiro atoms. The van der Waals surface area contributed by atoms with Crippen LogP contribution in [0.25, 0.3) is 0 Å². The van der Waals surface area contributed by atoms with Crippen molar-refractivity contribution < 1.29 is 4.79 Å². The van der Waals surface area contributed by atoms with Gasteiger partial charge in [0.15, 0.2) is 0 Å². The number of carbonyl (C=O) groups is 1. The molecule has 6 nitrogen and oxygen atoms in total. The van der Waals surface area contributed by atoms with Gasteiger partial charge in [0.25, 0.3) is 5.91 Å². The number of amides is 1. The molecule has 0 aromatic carbocycles. The van der Waals surface area contributed by atoms with Crippen molar-refractivity contribution in [3.05, 3.63) is 41.1 Å². The van der Waals surface area contributed by atoms with Gasteiger partial charge in [-0.2, -0.15) is 0 Å². The number of carbonyl (C=O) groups excluding carboxylic acids is 1. The number of nitrogens with zero attached hydrogens (tertiary/aromatic N) is 2. The summed E-state index contributed by atoms with van der Waals surface area (Å²) in [5.74, 6) is 0.795. The summed E-state index contributed by atoms with van der Waals surface area (Å²) in [6.07, 6.45) is 5.43. The number of hydrogen-bond acceptors (Lipinski definition) is 4. The van der Waals surface area contributed by atoms with E-state index >= 15 is 0 Å². The first-order valence-corrected chi connectivity index (χ1v) is 5.72. The van der Waals surface area contributed by atoms with Gasteiger partial charge in [-0.3, -0.25) is 4.79 Å². The van der Waals surface area contributed by atoms with E-state index in [1.807, 2.05) is 0 Å². The summed E-state index contributed by atoms with van der Waals surface area (Å²) in [4.78, 5) is 22.6. The maximum Gasteiger partial charge on any atom is 0.252 e. The summed E-state index contributed by atoms with van der Waals surface area (Å²) in [5, 5.41) is 3.02. The molecule has 0 unspecified atom stereocenters. The maximum absolute atomic E-state index is 11.8. The van der Waals surface area contributed by atoms with Crippen molar-refractivity contribution in [2.75, 3.05) is 12.3 Å². The summed E-state index contributed by atoms with van der Waals surface area (Å²) in [6.45, 7) is 0.480. The van der Waals surface area contributed by atoms with Crippen molar-refractivity contribution in [3.63, 3.8) is 0 Å². The number of nitrogens with two attached hydrogens (primary N) is 1. The van der Waals surface area contributed by atoms with E-state index in [1.165, 1.54) is 12.3 Å². The number of pyridine rings is 1. The summed E-state index contributed by atoms with van der Waals surface area (Å²) in [5.41, 5.74) is 5.85. The Kier molecular flexibility index (Phi) is 3.78. The zero-order valence-corrected chi connectivity index (χ0v) is 10.2. The molecular formula is C11H12ClN5O. The molecule has 0 fully saturated rings. The zero-order chi connectivity index (χ0) is 13.0. The van der Waals surface area contributed by atoms with Crippen LogP contribution in [0, 0.1) is 0 Å². The van der Waals surface area contributed by atoms with Gasteiger partial charge in [0.1, 0.15) is 11.6 Å². The van der Waals surface area contributed by atoms with Crippen LogP contribution in [0.1, 0.15) is 16.2 Å². The lowest BCUT2D eigenvalue weighted by Gasteiger charge is -2.05. The monoisotopic (exact) mass is 265 g/mol. The average molecular weight is 266 g/mol. The quantitative estimate of drug-likeness (QED) is 0.769. The van der Waals surface area contributed by atoms with E-state index in [9.17, 15) is 4.79 Å². The number of aromatic amines is 1. The van der Waals surface area contributed by atoms with E-state index in [2.05, 4.69) is 20.3 Å². The Bertz CT molecular complexity index is 540. The number of hydrogen-bond donors (Lipinski definition) is 3. The minimum Gasteiger partial charge on any atom is -0.382 e. The first-order chi connectivity index (χ1) is 8.66. The van der Waals surface area contributed by atoms with Gasteiger partial charge < -0.3 is 16.0 Å². The molecule has 0 radical (unpaired) electrons. The number of H-pyrrole nitrogens is 1. The molecule has 0 saturated carbocycles. The Morgan fingerprint density at radius 1 is 1.50 bits per heavy atom. The third kappa shape index (κ3) is 2.98. The number of halogens is 1. The Balaban J connectivity index is 1.89. The average Bonchev–Trinajstić information content (AvgIpc) is 2.85. The van der Waals surface area contributed by atoms with Crippen LogP contribution in [-0.2, 0) is 6.42 Å². The van der Waals surface area contributed by atoms with E-state index in [-0.39, 0.29) is 16.7 Å². The topological polar surface area (TPSA) is 96.7 Å². The van der Waals surface area contributed by atoms with Crippen LogP contribution >= 0.6 is 11.6 Å². The number of anilines is 1. The van der Waals surface area contributed by atoms with Crippen LogP contribution in [0.4, 0.5) is 5.82 Å². The van der Waals surface area contributed by atoms with Crippen molar-refractivity contribution in [3.8, 4) is 0 Å². The molecule has 0 saturated heterocycles. The van der Waals surface area contributed by atoms with Gasteiger partial charge in [-0.25, -0.2) is 9.97 Å². The van der Waals surface area contributed by atoms with Crippen LogP contribution in [-0.4, -0.2) is 27.4 Å². The van der Waals surface area contributed by atoms with Gasteiger partial charge >= 0.3 is 0 Å². The molecule has 2 aromatic rings. The lowest BCUT2D eigenvalue weighted by molar-refractivity contribution is 0.0953. The van der Waals surface area contributed by atoms with Crippen molar-refractivity contribution in [1.82, 2.24) is 20.3 Å². The third-order valence-corrected chi connectivity index (χ3v) is 2.64. The van der Waals surface area contributed by atoms with Crippen LogP contribution in [0.2, 0.25) is 5.02 Å². The van der Waals surface area contributed by atoms with Gasteiger partial charge in [0.2, 0.25) is 0 Å². The molecule has 0 aliphatic rings. The van der Waals surface area contributed by atoms with E-state index in [0.717, 1.165) is 5.82 Å². The molecule has 18 heavy (non-hydrogen) atoms. The second-order valence-corrected chi connectivity index (χ2v) is 4.04. The number of nitrogens with one attached hydrogen (secondary N) is 2. The molecule has 1 amide bonds. The number of nitrogen functional groups attached to an aromatic ring is 1. The summed E-state index contributed by atoms with van der Waals surface area (Å²) >= 11 is 5.79. The molecule has 2 aromatic heterocycles. The molecule has 2 rings (SSSR count). The summed E-state index contributed by atoms with van der Waals surface area (Å²) in [7, 11) is 0. The fraction of sp³-hybridized carbons (Fsp3) is 0.182. The largest absolute Gasteiger partial charge is 0.382 e. The molecular weight excluding hydrogens is 254 g/mol. The van der Waals surface area contributed by atoms with Gasteiger partial charge in [0, 0.05) is 31.6 Å². The lowest BCUT2D eigenvalue weighted by atomic mass is 10.2. The Labute approximate surface area is 109 Å². The molecule has 0 aliphatic carbocycles. The minimum atomic E-state index is -0.240. The second-order valence-electron chi connectivity index (χ2n) is 3.63. The predicted octanol–water partition coefficient (Wildman–Crippen LogP) is 1.01. The molecule has 4 N–H and O–H groups in total. The standard InChI is InChI=1S/C11H12ClN5O/c12-8-5-7(6-17-10(8)13)11(18)16-2-1-9-14-3-4-15-9/h3-6H,1-2H2,(H2,13,17)(H,14,15)(H,16,18). The van der Waals surface area contributed by atoms with Crippen molar-refractivity contribution in [2.45, 2.75) is 6.42 Å². The van der Waals surface area contributed by atoms with Crippen LogP contribution in [0.5, 0.6) is 0 Å². The van der Waals surface area contributed by atoms with Crippen LogP contribution in [0.15, 0.2) is 24.7 Å². The maximum atomic E-state index is 11.8. The summed E-state index contributed by atoms with van der Waals surface area (Å²) in [6, 6.07) is 1.49. The zero-order valence-electron chi connectivity index (χ0n) is 9.48. The number of aromatic nitrogens is 3. The highest BCUT2D eigenvalue weighted by Crippen LogP contribution is 2.16. The van der Waals surface area contributed by atoms with Gasteiger partial charge in [-0.05, 0) is 6.07 Å². The smallest absolute Gasteiger partial charge is 0.252 e. The Morgan fingerprint density at radius 3 is 3.00 bits per heavy atom. The highest BCUT2D eigenvalue weighted by Gasteiger charge is 2.08. The highest BCUT2D eigenvalue weighted by atomic mass is 35.5. The third-order valence-electron chi connectivity index (χ3n) is 2.33. The predicted molar refractivity (Wildman–Crippen MR) is 68.3 cm³/mol. The second kappa shape index (κ2) is 5.50. The Hall–Kier alpha value is -2.08. The number of imidazole rings is 1. The normalized spacial score (nSPS) is 10.3. The molecule has 7 heteroatoms. The first kappa shape index (κ1) is 12.4. The molecule has 94 valence electrons. The highest BCUT2D eigenvalue weighted by molar-refractivity contribution is 6.33. The van der Waals surface area contributed by atoms with Gasteiger partial charge in [-0.1, -0.05) is 11.6 Å². The van der Waals surface area contributed by atoms with Gasteiger partial charge in [0.05, 0.1) is 10.6 Å². The van der Waals surface area contributed by atoms with Gasteiger partial charge in [-0.15, -0.1) is 0 Å². The van der Waals surface area contributed by atoms with Crippen LogP contribution < -0.4 is 11.1 Å². The summed E-state index contributed by atoms with van der Waals surface area (Å²) < 4.78 is 0. The Morgan fingerprint density at radius 2 is 2.33 bits per heavy atom. The lowest BCUT2D eigenvalue weighted by Crippen LogP contribution is -2.26. The molecule has 0 atom stereocenters. The molecule has 0 bridgehead atoms. The SMILES string of the molecule is Nc1ncc(C(=O)NCCc2ncc[nH]2)cc1Cl. The van der Waals surface area contributed by atoms with E-state index in [4.69, 9.17) is 17.3 Å². The van der Waals surface area contributed by atoms with E-state index < -0.39 is 0 Å². The van der Waals surface area contributed by atoms with E-state index in [1.54, 1.807) is 12.4 Å². The van der Waals surface area contributed by atoms with Crippen molar-refractivity contribution >= 4 is 23.3 Å². The van der Waals surface area contributed by atoms with Crippen LogP contribution in [0.3, 0.4) is 0 Å².